The van der Waals surface area contributed by atoms with E-state index >= 15 is 0 Å². The van der Waals surface area contributed by atoms with E-state index < -0.39 is 0 Å². The van der Waals surface area contributed by atoms with Crippen molar-refractivity contribution in [3.8, 4) is 0 Å². The molecule has 3 rings (SSSR count). The lowest BCUT2D eigenvalue weighted by Gasteiger charge is -2.14. The summed E-state index contributed by atoms with van der Waals surface area (Å²) in [4.78, 5) is 0. The van der Waals surface area contributed by atoms with Crippen molar-refractivity contribution >= 4 is 0 Å². The number of rotatable bonds is 4. The van der Waals surface area contributed by atoms with Crippen LogP contribution in [0.4, 0.5) is 8.78 Å². The first-order valence-electron chi connectivity index (χ1n) is 6.99. The van der Waals surface area contributed by atoms with Crippen molar-refractivity contribution in [3.05, 3.63) is 70.8 Å². The van der Waals surface area contributed by atoms with Gasteiger partial charge >= 0.3 is 0 Å². The van der Waals surface area contributed by atoms with Crippen LogP contribution in [-0.4, -0.2) is 6.54 Å². The number of aryl methyl sites for hydroxylation is 1. The number of fused-ring (bicyclic) bond motifs is 1. The standard InChI is InChI=1S/C17H17F2N/c18-14-6-7-15-13(11-14)5-8-17(15)20-10-9-12-3-1-2-4-16(12)19/h1-4,6-7,11,17,20H,5,8-10H2. The van der Waals surface area contributed by atoms with Crippen molar-refractivity contribution in [1.29, 1.82) is 0 Å². The average Bonchev–Trinajstić information content (AvgIpc) is 2.83. The van der Waals surface area contributed by atoms with Gasteiger partial charge < -0.3 is 5.32 Å². The minimum atomic E-state index is -0.171. The molecular weight excluding hydrogens is 256 g/mol. The first kappa shape index (κ1) is 13.3. The minimum absolute atomic E-state index is 0.150. The van der Waals surface area contributed by atoms with E-state index in [2.05, 4.69) is 5.32 Å². The molecule has 0 aliphatic heterocycles. The molecule has 0 heterocycles. The Bertz CT molecular complexity index is 610. The molecule has 104 valence electrons. The molecule has 0 bridgehead atoms. The van der Waals surface area contributed by atoms with Crippen LogP contribution in [-0.2, 0) is 12.8 Å². The number of benzene rings is 2. The maximum atomic E-state index is 13.5. The summed E-state index contributed by atoms with van der Waals surface area (Å²) in [6.07, 6.45) is 2.56. The fraction of sp³-hybridized carbons (Fsp3) is 0.294. The highest BCUT2D eigenvalue weighted by molar-refractivity contribution is 5.35. The van der Waals surface area contributed by atoms with Gasteiger partial charge in [-0.15, -0.1) is 0 Å². The fourth-order valence-corrected chi connectivity index (χ4v) is 2.88. The van der Waals surface area contributed by atoms with Crippen molar-refractivity contribution in [2.45, 2.75) is 25.3 Å². The number of halogens is 2. The van der Waals surface area contributed by atoms with Crippen molar-refractivity contribution in [1.82, 2.24) is 5.32 Å². The van der Waals surface area contributed by atoms with Gasteiger partial charge in [-0.25, -0.2) is 8.78 Å². The zero-order valence-corrected chi connectivity index (χ0v) is 11.2. The Morgan fingerprint density at radius 3 is 2.80 bits per heavy atom. The highest BCUT2D eigenvalue weighted by atomic mass is 19.1. The molecule has 0 amide bonds. The Hall–Kier alpha value is -1.74. The summed E-state index contributed by atoms with van der Waals surface area (Å²) in [5.74, 6) is -0.320. The molecule has 1 atom stereocenters. The van der Waals surface area contributed by atoms with Crippen LogP contribution in [0.2, 0.25) is 0 Å². The highest BCUT2D eigenvalue weighted by Gasteiger charge is 2.21. The summed E-state index contributed by atoms with van der Waals surface area (Å²) in [5, 5.41) is 3.44. The van der Waals surface area contributed by atoms with Gasteiger partial charge in [-0.05, 0) is 60.7 Å². The number of nitrogens with one attached hydrogen (secondary N) is 1. The lowest BCUT2D eigenvalue weighted by atomic mass is 10.1. The van der Waals surface area contributed by atoms with E-state index in [1.54, 1.807) is 12.1 Å². The molecule has 0 radical (unpaired) electrons. The average molecular weight is 273 g/mol. The molecule has 2 aromatic rings. The fourth-order valence-electron chi connectivity index (χ4n) is 2.88. The molecule has 1 aliphatic carbocycles. The van der Waals surface area contributed by atoms with Crippen molar-refractivity contribution in [2.75, 3.05) is 6.54 Å². The Morgan fingerprint density at radius 1 is 1.10 bits per heavy atom. The van der Waals surface area contributed by atoms with Crippen molar-refractivity contribution in [3.63, 3.8) is 0 Å². The zero-order chi connectivity index (χ0) is 13.9. The molecule has 2 aromatic carbocycles. The molecule has 0 fully saturated rings. The van der Waals surface area contributed by atoms with Crippen LogP contribution < -0.4 is 5.32 Å². The maximum Gasteiger partial charge on any atom is 0.126 e. The summed E-state index contributed by atoms with van der Waals surface area (Å²) in [7, 11) is 0. The Balaban J connectivity index is 1.60. The van der Waals surface area contributed by atoms with Crippen LogP contribution in [0.25, 0.3) is 0 Å². The van der Waals surface area contributed by atoms with Crippen LogP contribution in [0.3, 0.4) is 0 Å². The van der Waals surface area contributed by atoms with Crippen LogP contribution in [0, 0.1) is 11.6 Å². The SMILES string of the molecule is Fc1ccc2c(c1)CCC2NCCc1ccccc1F. The largest absolute Gasteiger partial charge is 0.310 e. The van der Waals surface area contributed by atoms with E-state index in [1.165, 1.54) is 17.7 Å². The second-order valence-electron chi connectivity index (χ2n) is 5.23. The van der Waals surface area contributed by atoms with Gasteiger partial charge in [-0.2, -0.15) is 0 Å². The Kier molecular flexibility index (Phi) is 3.79. The third-order valence-electron chi connectivity index (χ3n) is 3.93. The summed E-state index contributed by atoms with van der Waals surface area (Å²) in [6, 6.07) is 12.1. The van der Waals surface area contributed by atoms with Crippen LogP contribution >= 0.6 is 0 Å². The van der Waals surface area contributed by atoms with Gasteiger partial charge in [0.1, 0.15) is 11.6 Å². The van der Waals surface area contributed by atoms with E-state index in [-0.39, 0.29) is 17.7 Å². The molecule has 1 unspecified atom stereocenters. The molecule has 0 saturated heterocycles. The lowest BCUT2D eigenvalue weighted by molar-refractivity contribution is 0.525. The van der Waals surface area contributed by atoms with Gasteiger partial charge in [0.15, 0.2) is 0 Å². The van der Waals surface area contributed by atoms with E-state index in [0.717, 1.165) is 30.5 Å². The van der Waals surface area contributed by atoms with Crippen molar-refractivity contribution in [2.24, 2.45) is 0 Å². The van der Waals surface area contributed by atoms with Gasteiger partial charge in [0.05, 0.1) is 0 Å². The monoisotopic (exact) mass is 273 g/mol. The predicted molar refractivity (Wildman–Crippen MR) is 75.6 cm³/mol. The molecule has 0 spiro atoms. The van der Waals surface area contributed by atoms with Crippen molar-refractivity contribution < 1.29 is 8.78 Å². The number of hydrogen-bond donors (Lipinski definition) is 1. The maximum absolute atomic E-state index is 13.5. The molecule has 1 aliphatic rings. The Morgan fingerprint density at radius 2 is 1.95 bits per heavy atom. The smallest absolute Gasteiger partial charge is 0.126 e. The molecular formula is C17H17F2N. The minimum Gasteiger partial charge on any atom is -0.310 e. The van der Waals surface area contributed by atoms with Gasteiger partial charge in [0.25, 0.3) is 0 Å². The van der Waals surface area contributed by atoms with Crippen LogP contribution in [0.5, 0.6) is 0 Å². The van der Waals surface area contributed by atoms with Gasteiger partial charge in [0, 0.05) is 6.04 Å². The molecule has 20 heavy (non-hydrogen) atoms. The lowest BCUT2D eigenvalue weighted by Crippen LogP contribution is -2.22. The summed E-state index contributed by atoms with van der Waals surface area (Å²) < 4.78 is 26.6. The van der Waals surface area contributed by atoms with Crippen LogP contribution in [0.1, 0.15) is 29.2 Å². The third-order valence-corrected chi connectivity index (χ3v) is 3.93. The van der Waals surface area contributed by atoms with E-state index in [9.17, 15) is 8.78 Å². The normalized spacial score (nSPS) is 17.2. The first-order valence-corrected chi connectivity index (χ1v) is 6.99. The molecule has 1 N–H and O–H groups in total. The summed E-state index contributed by atoms with van der Waals surface area (Å²) in [6.45, 7) is 0.725. The summed E-state index contributed by atoms with van der Waals surface area (Å²) in [5.41, 5.74) is 3.01. The van der Waals surface area contributed by atoms with Gasteiger partial charge in [-0.1, -0.05) is 24.3 Å². The Labute approximate surface area is 117 Å². The molecule has 3 heteroatoms. The van der Waals surface area contributed by atoms with E-state index in [1.807, 2.05) is 18.2 Å². The second kappa shape index (κ2) is 5.71. The zero-order valence-electron chi connectivity index (χ0n) is 11.2. The first-order chi connectivity index (χ1) is 9.74. The van der Waals surface area contributed by atoms with E-state index in [4.69, 9.17) is 0 Å². The van der Waals surface area contributed by atoms with Gasteiger partial charge in [-0.3, -0.25) is 0 Å². The topological polar surface area (TPSA) is 12.0 Å². The quantitative estimate of drug-likeness (QED) is 0.893. The predicted octanol–water partition coefficient (Wildman–Crippen LogP) is 3.78. The molecule has 0 saturated carbocycles. The van der Waals surface area contributed by atoms with Crippen LogP contribution in [0.15, 0.2) is 42.5 Å². The van der Waals surface area contributed by atoms with Gasteiger partial charge in [0.2, 0.25) is 0 Å². The third kappa shape index (κ3) is 2.73. The molecule has 1 nitrogen and oxygen atoms in total. The summed E-state index contributed by atoms with van der Waals surface area (Å²) >= 11 is 0. The highest BCUT2D eigenvalue weighted by Crippen LogP contribution is 2.31. The number of hydrogen-bond acceptors (Lipinski definition) is 1. The second-order valence-corrected chi connectivity index (χ2v) is 5.23. The van der Waals surface area contributed by atoms with E-state index in [0.29, 0.717) is 6.42 Å². The molecule has 0 aromatic heterocycles.